The average molecular weight is 350 g/mol. The molecule has 0 saturated heterocycles. The summed E-state index contributed by atoms with van der Waals surface area (Å²) in [4.78, 5) is 14.6. The molecule has 2 rings (SSSR count). The van der Waals surface area contributed by atoms with Gasteiger partial charge >= 0.3 is 12.1 Å². The van der Waals surface area contributed by atoms with Gasteiger partial charge in [-0.25, -0.2) is 13.2 Å². The molecule has 0 amide bonds. The van der Waals surface area contributed by atoms with E-state index in [-0.39, 0.29) is 5.39 Å². The molecule has 0 saturated carbocycles. The number of ether oxygens (including phenoxy) is 1. The molecule has 1 aromatic carbocycles. The maximum Gasteiger partial charge on any atom is 0.422 e. The van der Waals surface area contributed by atoms with Crippen LogP contribution in [0.2, 0.25) is 0 Å². The van der Waals surface area contributed by atoms with E-state index in [1.807, 2.05) is 0 Å². The third-order valence-electron chi connectivity index (χ3n) is 3.25. The molecule has 2 N–H and O–H groups in total. The number of hydrogen-bond acceptors (Lipinski definition) is 4. The molecule has 0 spiro atoms. The van der Waals surface area contributed by atoms with Gasteiger partial charge in [0.25, 0.3) is 5.54 Å². The van der Waals surface area contributed by atoms with Crippen molar-refractivity contribution >= 4 is 26.9 Å². The Labute approximate surface area is 129 Å². The lowest BCUT2D eigenvalue weighted by molar-refractivity contribution is -0.210. The first-order valence-electron chi connectivity index (χ1n) is 6.23. The largest absolute Gasteiger partial charge is 0.467 e. The fourth-order valence-corrected chi connectivity index (χ4v) is 3.21. The minimum Gasteiger partial charge on any atom is -0.467 e. The van der Waals surface area contributed by atoms with Gasteiger partial charge in [0.1, 0.15) is 0 Å². The van der Waals surface area contributed by atoms with Crippen molar-refractivity contribution in [2.75, 3.05) is 13.4 Å². The van der Waals surface area contributed by atoms with E-state index >= 15 is 0 Å². The highest BCUT2D eigenvalue weighted by Gasteiger charge is 2.65. The van der Waals surface area contributed by atoms with Gasteiger partial charge < -0.3 is 9.72 Å². The minimum absolute atomic E-state index is 0.0476. The van der Waals surface area contributed by atoms with Crippen molar-refractivity contribution in [1.29, 1.82) is 0 Å². The first-order valence-corrected chi connectivity index (χ1v) is 8.13. The Bertz CT molecular complexity index is 844. The molecule has 10 heteroatoms. The molecule has 23 heavy (non-hydrogen) atoms. The molecule has 1 atom stereocenters. The molecule has 0 aliphatic rings. The molecule has 1 heterocycles. The number of methoxy groups -OCH3 is 1. The van der Waals surface area contributed by atoms with Gasteiger partial charge in [-0.2, -0.15) is 17.9 Å². The summed E-state index contributed by atoms with van der Waals surface area (Å²) in [6.45, 7) is 0. The number of rotatable bonds is 4. The number of benzene rings is 1. The normalized spacial score (nSPS) is 15.3. The van der Waals surface area contributed by atoms with E-state index < -0.39 is 33.3 Å². The molecular formula is C13H13F3N2O4S. The zero-order valence-corrected chi connectivity index (χ0v) is 12.9. The highest BCUT2D eigenvalue weighted by molar-refractivity contribution is 7.88. The highest BCUT2D eigenvalue weighted by Crippen LogP contribution is 2.43. The third kappa shape index (κ3) is 2.91. The third-order valence-corrected chi connectivity index (χ3v) is 3.93. The number of sulfonamides is 1. The van der Waals surface area contributed by atoms with Gasteiger partial charge in [-0.05, 0) is 6.07 Å². The number of hydrogen-bond donors (Lipinski definition) is 2. The maximum atomic E-state index is 13.8. The summed E-state index contributed by atoms with van der Waals surface area (Å²) in [5.41, 5.74) is -3.82. The van der Waals surface area contributed by atoms with Gasteiger partial charge in [-0.3, -0.25) is 0 Å². The van der Waals surface area contributed by atoms with E-state index in [1.54, 1.807) is 6.07 Å². The van der Waals surface area contributed by atoms with Gasteiger partial charge in [0, 0.05) is 22.7 Å². The van der Waals surface area contributed by atoms with Gasteiger partial charge in [-0.1, -0.05) is 18.2 Å². The van der Waals surface area contributed by atoms with E-state index in [0.29, 0.717) is 11.8 Å². The SMILES string of the molecule is COC(=O)[C@](NS(C)(=O)=O)(c1c[nH]c2ccccc12)C(F)(F)F. The summed E-state index contributed by atoms with van der Waals surface area (Å²) in [6.07, 6.45) is -3.80. The van der Waals surface area contributed by atoms with Crippen molar-refractivity contribution in [3.63, 3.8) is 0 Å². The van der Waals surface area contributed by atoms with Crippen LogP contribution in [0.25, 0.3) is 10.9 Å². The summed E-state index contributed by atoms with van der Waals surface area (Å²) in [5, 5.41) is 0.0476. The molecule has 0 unspecified atom stereocenters. The zero-order valence-electron chi connectivity index (χ0n) is 12.1. The summed E-state index contributed by atoms with van der Waals surface area (Å²) < 4.78 is 70.1. The van der Waals surface area contributed by atoms with Crippen molar-refractivity contribution in [1.82, 2.24) is 9.71 Å². The molecule has 6 nitrogen and oxygen atoms in total. The number of fused-ring (bicyclic) bond motifs is 1. The molecule has 2 aromatic rings. The van der Waals surface area contributed by atoms with Gasteiger partial charge in [0.05, 0.1) is 13.4 Å². The summed E-state index contributed by atoms with van der Waals surface area (Å²) in [6, 6.07) is 5.89. The molecule has 0 radical (unpaired) electrons. The van der Waals surface area contributed by atoms with E-state index in [2.05, 4.69) is 9.72 Å². The maximum absolute atomic E-state index is 13.8. The van der Waals surface area contributed by atoms with Crippen LogP contribution in [0.5, 0.6) is 0 Å². The van der Waals surface area contributed by atoms with Crippen LogP contribution in [0.4, 0.5) is 13.2 Å². The van der Waals surface area contributed by atoms with Crippen LogP contribution in [0, 0.1) is 0 Å². The Morgan fingerprint density at radius 1 is 1.26 bits per heavy atom. The number of H-pyrrole nitrogens is 1. The van der Waals surface area contributed by atoms with Crippen LogP contribution in [0.15, 0.2) is 30.5 Å². The fourth-order valence-electron chi connectivity index (χ4n) is 2.35. The summed E-state index contributed by atoms with van der Waals surface area (Å²) >= 11 is 0. The van der Waals surface area contributed by atoms with Crippen LogP contribution in [-0.4, -0.2) is 38.9 Å². The topological polar surface area (TPSA) is 88.3 Å². The fraction of sp³-hybridized carbons (Fsp3) is 0.308. The standard InChI is InChI=1S/C13H13F3N2O4S/c1-22-11(19)12(13(14,15)16,18-23(2,20)21)9-7-17-10-6-4-3-5-8(9)10/h3-7,17-18H,1-2H3/t12-/m1/s1. The average Bonchev–Trinajstić information content (AvgIpc) is 2.85. The summed E-state index contributed by atoms with van der Waals surface area (Å²) in [7, 11) is -3.65. The molecule has 0 fully saturated rings. The molecule has 1 aromatic heterocycles. The van der Waals surface area contributed by atoms with Crippen LogP contribution < -0.4 is 4.72 Å². The number of aromatic nitrogens is 1. The van der Waals surface area contributed by atoms with E-state index in [0.717, 1.165) is 13.3 Å². The minimum atomic E-state index is -5.27. The van der Waals surface area contributed by atoms with E-state index in [4.69, 9.17) is 0 Å². The second kappa shape index (κ2) is 5.53. The smallest absolute Gasteiger partial charge is 0.422 e. The lowest BCUT2D eigenvalue weighted by Crippen LogP contribution is -2.61. The van der Waals surface area contributed by atoms with E-state index in [9.17, 15) is 26.4 Å². The number of carbonyl (C=O) groups excluding carboxylic acids is 1. The Balaban J connectivity index is 2.87. The number of para-hydroxylation sites is 1. The second-order valence-corrected chi connectivity index (χ2v) is 6.61. The van der Waals surface area contributed by atoms with Gasteiger partial charge in [-0.15, -0.1) is 0 Å². The van der Waals surface area contributed by atoms with Crippen molar-refractivity contribution < 1.29 is 31.1 Å². The zero-order chi connectivity index (χ0) is 17.5. The van der Waals surface area contributed by atoms with Crippen LogP contribution >= 0.6 is 0 Å². The molecular weight excluding hydrogens is 337 g/mol. The number of carbonyl (C=O) groups is 1. The van der Waals surface area contributed by atoms with E-state index in [1.165, 1.54) is 22.9 Å². The Morgan fingerprint density at radius 3 is 2.39 bits per heavy atom. The highest BCUT2D eigenvalue weighted by atomic mass is 32.2. The first-order chi connectivity index (χ1) is 10.5. The second-order valence-electron chi connectivity index (χ2n) is 4.86. The number of nitrogens with one attached hydrogen (secondary N) is 2. The lowest BCUT2D eigenvalue weighted by atomic mass is 9.90. The monoisotopic (exact) mass is 350 g/mol. The van der Waals surface area contributed by atoms with Crippen molar-refractivity contribution in [2.24, 2.45) is 0 Å². The molecule has 0 bridgehead atoms. The Morgan fingerprint density at radius 2 is 1.87 bits per heavy atom. The van der Waals surface area contributed by atoms with Crippen molar-refractivity contribution in [2.45, 2.75) is 11.7 Å². The lowest BCUT2D eigenvalue weighted by Gasteiger charge is -2.32. The summed E-state index contributed by atoms with van der Waals surface area (Å²) in [5.74, 6) is -1.78. The number of halogens is 3. The predicted octanol–water partition coefficient (Wildman–Crippen LogP) is 1.65. The van der Waals surface area contributed by atoms with Gasteiger partial charge in [0.2, 0.25) is 10.0 Å². The van der Waals surface area contributed by atoms with Crippen LogP contribution in [0.3, 0.4) is 0 Å². The Hall–Kier alpha value is -2.07. The molecule has 0 aliphatic carbocycles. The molecule has 126 valence electrons. The predicted molar refractivity (Wildman–Crippen MR) is 76.0 cm³/mol. The number of aromatic amines is 1. The van der Waals surface area contributed by atoms with Crippen LogP contribution in [0.1, 0.15) is 5.56 Å². The van der Waals surface area contributed by atoms with Crippen molar-refractivity contribution in [3.05, 3.63) is 36.0 Å². The Kier molecular flexibility index (Phi) is 4.16. The first kappa shape index (κ1) is 17.3. The van der Waals surface area contributed by atoms with Crippen LogP contribution in [-0.2, 0) is 25.1 Å². The van der Waals surface area contributed by atoms with Gasteiger partial charge in [0.15, 0.2) is 0 Å². The number of esters is 1. The quantitative estimate of drug-likeness (QED) is 0.821. The number of alkyl halides is 3. The molecule has 0 aliphatic heterocycles. The van der Waals surface area contributed by atoms with Crippen molar-refractivity contribution in [3.8, 4) is 0 Å².